The molecule has 0 aliphatic carbocycles. The van der Waals surface area contributed by atoms with Crippen LogP contribution in [-0.4, -0.2) is 54.5 Å². The summed E-state index contributed by atoms with van der Waals surface area (Å²) in [5.74, 6) is 0.435. The molecule has 3 amide bonds. The van der Waals surface area contributed by atoms with Gasteiger partial charge >= 0.3 is 0 Å². The quantitative estimate of drug-likeness (QED) is 0.207. The molecule has 5 rings (SSSR count). The first-order chi connectivity index (χ1) is 20.9. The number of methoxy groups -OCH3 is 1. The molecule has 222 valence electrons. The predicted octanol–water partition coefficient (Wildman–Crippen LogP) is 5.13. The van der Waals surface area contributed by atoms with Gasteiger partial charge in [-0.2, -0.15) is 0 Å². The summed E-state index contributed by atoms with van der Waals surface area (Å²) in [7, 11) is 1.52. The molecule has 10 heteroatoms. The van der Waals surface area contributed by atoms with E-state index in [0.29, 0.717) is 40.7 Å². The summed E-state index contributed by atoms with van der Waals surface area (Å²) in [5, 5.41) is 2.59. The van der Waals surface area contributed by atoms with Crippen molar-refractivity contribution in [2.45, 2.75) is 32.8 Å². The first kappa shape index (κ1) is 29.8. The molecule has 3 aromatic rings. The van der Waals surface area contributed by atoms with Gasteiger partial charge in [0.2, 0.25) is 0 Å². The zero-order valence-corrected chi connectivity index (χ0v) is 24.9. The van der Waals surface area contributed by atoms with Crippen molar-refractivity contribution >= 4 is 46.8 Å². The third-order valence-electron chi connectivity index (χ3n) is 7.23. The Morgan fingerprint density at radius 1 is 0.953 bits per heavy atom. The van der Waals surface area contributed by atoms with Crippen LogP contribution in [0, 0.1) is 0 Å². The first-order valence-electron chi connectivity index (χ1n) is 14.2. The van der Waals surface area contributed by atoms with Gasteiger partial charge in [0.1, 0.15) is 17.9 Å². The number of piperidine rings is 1. The van der Waals surface area contributed by atoms with E-state index in [1.165, 1.54) is 24.5 Å². The van der Waals surface area contributed by atoms with Crippen LogP contribution in [0.5, 0.6) is 17.2 Å². The minimum Gasteiger partial charge on any atom is -0.494 e. The van der Waals surface area contributed by atoms with Crippen molar-refractivity contribution in [3.63, 3.8) is 0 Å². The van der Waals surface area contributed by atoms with E-state index in [-0.39, 0.29) is 23.2 Å². The number of anilines is 1. The largest absolute Gasteiger partial charge is 0.494 e. The smallest absolute Gasteiger partial charge is 0.270 e. The van der Waals surface area contributed by atoms with Gasteiger partial charge in [-0.15, -0.1) is 0 Å². The zero-order valence-electron chi connectivity index (χ0n) is 24.1. The van der Waals surface area contributed by atoms with E-state index in [1.807, 2.05) is 36.1 Å². The van der Waals surface area contributed by atoms with Gasteiger partial charge in [0.15, 0.2) is 16.6 Å². The van der Waals surface area contributed by atoms with Crippen LogP contribution in [0.2, 0.25) is 0 Å². The number of hydrogen-bond donors (Lipinski definition) is 1. The van der Waals surface area contributed by atoms with Gasteiger partial charge in [-0.1, -0.05) is 24.3 Å². The second-order valence-corrected chi connectivity index (χ2v) is 10.5. The highest BCUT2D eigenvalue weighted by atomic mass is 32.1. The molecule has 2 aliphatic rings. The third kappa shape index (κ3) is 6.86. The van der Waals surface area contributed by atoms with Crippen LogP contribution in [0.25, 0.3) is 6.08 Å². The molecule has 0 unspecified atom stereocenters. The number of amides is 3. The fraction of sp³-hybridized carbons (Fsp3) is 0.273. The summed E-state index contributed by atoms with van der Waals surface area (Å²) in [6.45, 7) is 4.22. The molecule has 0 atom stereocenters. The maximum atomic E-state index is 13.4. The summed E-state index contributed by atoms with van der Waals surface area (Å²) in [5.41, 5.74) is 2.54. The van der Waals surface area contributed by atoms with Gasteiger partial charge in [0, 0.05) is 24.7 Å². The summed E-state index contributed by atoms with van der Waals surface area (Å²) in [4.78, 5) is 42.2. The molecule has 3 aromatic carbocycles. The predicted molar refractivity (Wildman–Crippen MR) is 167 cm³/mol. The Kier molecular flexibility index (Phi) is 9.36. The molecule has 0 aromatic heterocycles. The molecule has 2 heterocycles. The van der Waals surface area contributed by atoms with Crippen LogP contribution < -0.4 is 24.4 Å². The summed E-state index contributed by atoms with van der Waals surface area (Å²) in [6, 6.07) is 19.5. The zero-order chi connectivity index (χ0) is 30.3. The first-order valence-corrected chi connectivity index (χ1v) is 14.6. The summed E-state index contributed by atoms with van der Waals surface area (Å²) in [6.07, 6.45) is 4.76. The van der Waals surface area contributed by atoms with Crippen LogP contribution in [0.4, 0.5) is 5.69 Å². The van der Waals surface area contributed by atoms with Crippen molar-refractivity contribution in [2.75, 3.05) is 31.7 Å². The third-order valence-corrected chi connectivity index (χ3v) is 7.51. The molecule has 2 saturated heterocycles. The van der Waals surface area contributed by atoms with E-state index < -0.39 is 11.8 Å². The van der Waals surface area contributed by atoms with Gasteiger partial charge in [0.25, 0.3) is 17.7 Å². The number of nitrogens with one attached hydrogen (secondary N) is 1. The average molecular weight is 600 g/mol. The lowest BCUT2D eigenvalue weighted by atomic mass is 10.1. The van der Waals surface area contributed by atoms with Crippen molar-refractivity contribution in [3.05, 3.63) is 89.0 Å². The average Bonchev–Trinajstić information content (AvgIpc) is 3.03. The lowest BCUT2D eigenvalue weighted by Gasteiger charge is -2.29. The summed E-state index contributed by atoms with van der Waals surface area (Å²) < 4.78 is 17.1. The van der Waals surface area contributed by atoms with Crippen molar-refractivity contribution in [2.24, 2.45) is 0 Å². The Morgan fingerprint density at radius 3 is 2.44 bits per heavy atom. The van der Waals surface area contributed by atoms with Crippen molar-refractivity contribution in [1.29, 1.82) is 0 Å². The molecule has 0 spiro atoms. The van der Waals surface area contributed by atoms with E-state index in [9.17, 15) is 14.4 Å². The monoisotopic (exact) mass is 599 g/mol. The van der Waals surface area contributed by atoms with E-state index in [2.05, 4.69) is 5.32 Å². The Morgan fingerprint density at radius 2 is 1.72 bits per heavy atom. The van der Waals surface area contributed by atoms with Crippen LogP contribution in [0.3, 0.4) is 0 Å². The van der Waals surface area contributed by atoms with Crippen LogP contribution in [0.15, 0.2) is 72.3 Å². The maximum Gasteiger partial charge on any atom is 0.270 e. The molecule has 9 nitrogen and oxygen atoms in total. The number of thiocarbonyl (C=S) groups is 1. The second-order valence-electron chi connectivity index (χ2n) is 10.1. The number of rotatable bonds is 9. The topological polar surface area (TPSA) is 97.4 Å². The van der Waals surface area contributed by atoms with Crippen LogP contribution in [-0.2, 0) is 16.2 Å². The maximum absolute atomic E-state index is 13.4. The highest BCUT2D eigenvalue weighted by Gasteiger charge is 2.34. The number of ether oxygens (including phenoxy) is 3. The van der Waals surface area contributed by atoms with Gasteiger partial charge in [0.05, 0.1) is 19.4 Å². The van der Waals surface area contributed by atoms with Crippen LogP contribution in [0.1, 0.15) is 47.7 Å². The molecule has 43 heavy (non-hydrogen) atoms. The van der Waals surface area contributed by atoms with Gasteiger partial charge < -0.3 is 19.1 Å². The molecule has 0 radical (unpaired) electrons. The fourth-order valence-corrected chi connectivity index (χ4v) is 5.30. The summed E-state index contributed by atoms with van der Waals surface area (Å²) >= 11 is 5.31. The van der Waals surface area contributed by atoms with E-state index in [0.717, 1.165) is 31.5 Å². The Balaban J connectivity index is 1.29. The molecular formula is C33H33N3O6S. The van der Waals surface area contributed by atoms with Gasteiger partial charge in [-0.25, -0.2) is 0 Å². The number of hydrogen-bond acceptors (Lipinski definition) is 7. The minimum atomic E-state index is -0.589. The van der Waals surface area contributed by atoms with Crippen molar-refractivity contribution in [3.8, 4) is 17.2 Å². The molecule has 0 saturated carbocycles. The lowest BCUT2D eigenvalue weighted by molar-refractivity contribution is -0.122. The Hall–Kier alpha value is -4.70. The normalized spacial score (nSPS) is 16.2. The molecule has 2 fully saturated rings. The number of carbonyl (C=O) groups is 3. The Bertz CT molecular complexity index is 1560. The molecule has 2 aliphatic heterocycles. The standard InChI is InChI=1S/C33H33N3O6S/c1-3-41-26-9-7-8-25(20-26)36-32(39)27(30(37)34-33(36)43)18-23-12-15-28(29(19-23)40-2)42-21-22-10-13-24(14-11-22)31(38)35-16-5-4-6-17-35/h7-15,18-20H,3-6,16-17,21H2,1-2H3,(H,34,37,43)/b27-18+. The number of nitrogens with zero attached hydrogens (tertiary/aromatic N) is 2. The highest BCUT2D eigenvalue weighted by Crippen LogP contribution is 2.31. The highest BCUT2D eigenvalue weighted by molar-refractivity contribution is 7.80. The van der Waals surface area contributed by atoms with Crippen LogP contribution >= 0.6 is 12.2 Å². The van der Waals surface area contributed by atoms with Crippen molar-refractivity contribution in [1.82, 2.24) is 10.2 Å². The SMILES string of the molecule is CCOc1cccc(N2C(=O)/C(=C/c3ccc(OCc4ccc(C(=O)N5CCCCC5)cc4)c(OC)c3)C(=O)NC2=S)c1. The number of benzene rings is 3. The van der Waals surface area contributed by atoms with E-state index in [4.69, 9.17) is 26.4 Å². The number of likely N-dealkylation sites (tertiary alicyclic amines) is 1. The van der Waals surface area contributed by atoms with E-state index in [1.54, 1.807) is 42.5 Å². The van der Waals surface area contributed by atoms with Crippen molar-refractivity contribution < 1.29 is 28.6 Å². The lowest BCUT2D eigenvalue weighted by Crippen LogP contribution is -2.54. The van der Waals surface area contributed by atoms with E-state index >= 15 is 0 Å². The fourth-order valence-electron chi connectivity index (χ4n) is 5.02. The van der Waals surface area contributed by atoms with Gasteiger partial charge in [-0.3, -0.25) is 24.6 Å². The molecule has 1 N–H and O–H groups in total. The Labute approximate surface area is 256 Å². The second kappa shape index (κ2) is 13.5. The number of carbonyl (C=O) groups excluding carboxylic acids is 3. The molecular weight excluding hydrogens is 566 g/mol. The van der Waals surface area contributed by atoms with Gasteiger partial charge in [-0.05, 0) is 92.0 Å². The minimum absolute atomic E-state index is 0.00831. The molecule has 0 bridgehead atoms.